The average Bonchev–Trinajstić information content (AvgIpc) is 2.95. The number of aromatic nitrogens is 2. The molecule has 0 aliphatic heterocycles. The van der Waals surface area contributed by atoms with Gasteiger partial charge in [-0.2, -0.15) is 9.97 Å². The lowest BCUT2D eigenvalue weighted by atomic mass is 10.3. The number of carboxylic acids is 1. The van der Waals surface area contributed by atoms with Crippen LogP contribution in [0.5, 0.6) is 0 Å². The second-order valence-electron chi connectivity index (χ2n) is 3.60. The first-order valence-electron chi connectivity index (χ1n) is 5.14. The molecule has 2 aromatic heterocycles. The van der Waals surface area contributed by atoms with Crippen LogP contribution in [0.1, 0.15) is 10.7 Å². The fraction of sp³-hybridized carbons (Fsp3) is 0. The highest BCUT2D eigenvalue weighted by molar-refractivity contribution is 6.31. The van der Waals surface area contributed by atoms with Gasteiger partial charge in [0.2, 0.25) is 0 Å². The van der Waals surface area contributed by atoms with Gasteiger partial charge in [0.25, 0.3) is 0 Å². The van der Waals surface area contributed by atoms with Gasteiger partial charge in [0.1, 0.15) is 11.8 Å². The molecule has 3 rings (SSSR count). The van der Waals surface area contributed by atoms with Gasteiger partial charge in [0, 0.05) is 5.02 Å². The maximum absolute atomic E-state index is 10.6. The highest BCUT2D eigenvalue weighted by Crippen LogP contribution is 2.24. The first-order chi connectivity index (χ1) is 9.11. The molecule has 96 valence electrons. The minimum absolute atomic E-state index is 0.169. The zero-order valence-corrected chi connectivity index (χ0v) is 10.0. The van der Waals surface area contributed by atoms with E-state index in [2.05, 4.69) is 15.3 Å². The van der Waals surface area contributed by atoms with Gasteiger partial charge in [-0.1, -0.05) is 11.6 Å². The molecule has 2 N–H and O–H groups in total. The predicted molar refractivity (Wildman–Crippen MR) is 65.8 cm³/mol. The van der Waals surface area contributed by atoms with Crippen molar-refractivity contribution in [1.29, 1.82) is 0 Å². The Balaban J connectivity index is 1.89. The number of nitrogens with one attached hydrogen (secondary N) is 1. The van der Waals surface area contributed by atoms with E-state index in [-0.39, 0.29) is 11.8 Å². The van der Waals surface area contributed by atoms with Crippen molar-refractivity contribution in [2.75, 3.05) is 5.32 Å². The zero-order valence-electron chi connectivity index (χ0n) is 9.25. The van der Waals surface area contributed by atoms with Crippen LogP contribution < -0.4 is 5.32 Å². The summed E-state index contributed by atoms with van der Waals surface area (Å²) in [5.74, 6) is -1.48. The molecule has 0 fully saturated rings. The molecule has 19 heavy (non-hydrogen) atoms. The molecule has 0 aliphatic rings. The van der Waals surface area contributed by atoms with E-state index in [1.54, 1.807) is 18.2 Å². The van der Waals surface area contributed by atoms with Crippen molar-refractivity contribution in [1.82, 2.24) is 9.97 Å². The first kappa shape index (κ1) is 11.5. The molecule has 0 bridgehead atoms. The normalized spacial score (nSPS) is 10.8. The average molecular weight is 280 g/mol. The number of aromatic carboxylic acids is 1. The Morgan fingerprint density at radius 3 is 2.95 bits per heavy atom. The molecule has 0 saturated carbocycles. The number of fused-ring (bicyclic) bond motifs is 1. The summed E-state index contributed by atoms with van der Waals surface area (Å²) in [6.07, 6.45) is 1.16. The third-order valence-electron chi connectivity index (χ3n) is 2.27. The maximum Gasteiger partial charge on any atom is 0.392 e. The van der Waals surface area contributed by atoms with E-state index < -0.39 is 11.9 Å². The summed E-state index contributed by atoms with van der Waals surface area (Å²) < 4.78 is 10.1. The summed E-state index contributed by atoms with van der Waals surface area (Å²) in [5, 5.41) is 11.9. The number of nitrogens with zero attached hydrogens (tertiary/aromatic N) is 2. The summed E-state index contributed by atoms with van der Waals surface area (Å²) in [7, 11) is 0. The molecule has 0 atom stereocenters. The van der Waals surface area contributed by atoms with Gasteiger partial charge in [0.15, 0.2) is 11.4 Å². The summed E-state index contributed by atoms with van der Waals surface area (Å²) >= 11 is 5.83. The van der Waals surface area contributed by atoms with Crippen LogP contribution in [0.15, 0.2) is 33.3 Å². The van der Waals surface area contributed by atoms with Gasteiger partial charge in [0.05, 0.1) is 0 Å². The fourth-order valence-electron chi connectivity index (χ4n) is 1.49. The highest BCUT2D eigenvalue weighted by atomic mass is 35.5. The van der Waals surface area contributed by atoms with E-state index in [1.807, 2.05) is 0 Å². The third-order valence-corrected chi connectivity index (χ3v) is 2.51. The molecule has 2 heterocycles. The topological polar surface area (TPSA) is 101 Å². The van der Waals surface area contributed by atoms with E-state index in [0.29, 0.717) is 16.1 Å². The second kappa shape index (κ2) is 4.29. The zero-order chi connectivity index (χ0) is 13.4. The smallest absolute Gasteiger partial charge is 0.392 e. The third kappa shape index (κ3) is 2.23. The number of hydrogen-bond donors (Lipinski definition) is 2. The number of hydrogen-bond acceptors (Lipinski definition) is 6. The van der Waals surface area contributed by atoms with Crippen LogP contribution in [0, 0.1) is 0 Å². The quantitative estimate of drug-likeness (QED) is 0.760. The SMILES string of the molecule is O=C(O)c1nc(Nc2nc3cc(Cl)ccc3o2)co1. The standard InChI is InChI=1S/C11H6ClN3O4/c12-5-1-2-7-6(3-5)13-11(19-7)15-8-4-18-9(14-8)10(16)17/h1-4H,(H,13,15)(H,16,17). The Morgan fingerprint density at radius 1 is 1.37 bits per heavy atom. The largest absolute Gasteiger partial charge is 0.474 e. The van der Waals surface area contributed by atoms with Crippen LogP contribution in [0.2, 0.25) is 5.02 Å². The fourth-order valence-corrected chi connectivity index (χ4v) is 1.66. The highest BCUT2D eigenvalue weighted by Gasteiger charge is 2.13. The van der Waals surface area contributed by atoms with Gasteiger partial charge in [-0.25, -0.2) is 4.79 Å². The number of rotatable bonds is 3. The van der Waals surface area contributed by atoms with Gasteiger partial charge in [-0.05, 0) is 18.2 Å². The summed E-state index contributed by atoms with van der Waals surface area (Å²) in [6, 6.07) is 5.18. The Kier molecular flexibility index (Phi) is 2.60. The van der Waals surface area contributed by atoms with E-state index >= 15 is 0 Å². The number of carboxylic acid groups (broad SMARTS) is 1. The van der Waals surface area contributed by atoms with Gasteiger partial charge >= 0.3 is 17.9 Å². The van der Waals surface area contributed by atoms with Crippen LogP contribution >= 0.6 is 11.6 Å². The molecule has 0 aliphatic carbocycles. The molecule has 0 saturated heterocycles. The Hall–Kier alpha value is -2.54. The predicted octanol–water partition coefficient (Wildman–Crippen LogP) is 2.91. The van der Waals surface area contributed by atoms with Crippen molar-refractivity contribution in [3.8, 4) is 0 Å². The Morgan fingerprint density at radius 2 is 2.21 bits per heavy atom. The van der Waals surface area contributed by atoms with E-state index in [1.165, 1.54) is 0 Å². The van der Waals surface area contributed by atoms with Crippen molar-refractivity contribution in [2.24, 2.45) is 0 Å². The van der Waals surface area contributed by atoms with Crippen LogP contribution in [-0.2, 0) is 0 Å². The van der Waals surface area contributed by atoms with Crippen LogP contribution in [0.25, 0.3) is 11.1 Å². The van der Waals surface area contributed by atoms with Crippen molar-refractivity contribution >= 4 is 40.5 Å². The van der Waals surface area contributed by atoms with Gasteiger partial charge in [-0.3, -0.25) is 5.32 Å². The van der Waals surface area contributed by atoms with Crippen molar-refractivity contribution in [3.05, 3.63) is 35.4 Å². The minimum atomic E-state index is -1.25. The molecular weight excluding hydrogens is 274 g/mol. The minimum Gasteiger partial charge on any atom is -0.474 e. The lowest BCUT2D eigenvalue weighted by molar-refractivity contribution is 0.0653. The molecule has 3 aromatic rings. The van der Waals surface area contributed by atoms with Crippen LogP contribution in [-0.4, -0.2) is 21.0 Å². The van der Waals surface area contributed by atoms with Crippen LogP contribution in [0.4, 0.5) is 11.8 Å². The molecule has 8 heteroatoms. The number of carbonyl (C=O) groups is 1. The summed E-state index contributed by atoms with van der Waals surface area (Å²) in [4.78, 5) is 18.4. The van der Waals surface area contributed by atoms with Crippen molar-refractivity contribution in [2.45, 2.75) is 0 Å². The number of benzene rings is 1. The second-order valence-corrected chi connectivity index (χ2v) is 4.04. The molecule has 0 spiro atoms. The molecule has 1 aromatic carbocycles. The molecular formula is C11H6ClN3O4. The molecule has 0 radical (unpaired) electrons. The maximum atomic E-state index is 10.6. The molecule has 0 unspecified atom stereocenters. The lowest BCUT2D eigenvalue weighted by Gasteiger charge is -1.92. The number of oxazole rings is 2. The molecule has 0 amide bonds. The van der Waals surface area contributed by atoms with E-state index in [4.69, 9.17) is 25.5 Å². The molecule has 7 nitrogen and oxygen atoms in total. The van der Waals surface area contributed by atoms with Crippen molar-refractivity contribution < 1.29 is 18.7 Å². The van der Waals surface area contributed by atoms with Crippen LogP contribution in [0.3, 0.4) is 0 Å². The van der Waals surface area contributed by atoms with Gasteiger partial charge < -0.3 is 13.9 Å². The number of halogens is 1. The summed E-state index contributed by atoms with van der Waals surface area (Å²) in [6.45, 7) is 0. The van der Waals surface area contributed by atoms with Crippen molar-refractivity contribution in [3.63, 3.8) is 0 Å². The monoisotopic (exact) mass is 279 g/mol. The van der Waals surface area contributed by atoms with E-state index in [9.17, 15) is 4.79 Å². The van der Waals surface area contributed by atoms with E-state index in [0.717, 1.165) is 6.26 Å². The Labute approximate surface area is 110 Å². The summed E-state index contributed by atoms with van der Waals surface area (Å²) in [5.41, 5.74) is 1.13. The Bertz CT molecular complexity index is 764. The lowest BCUT2D eigenvalue weighted by Crippen LogP contribution is -1.97. The van der Waals surface area contributed by atoms with Gasteiger partial charge in [-0.15, -0.1) is 0 Å². The first-order valence-corrected chi connectivity index (χ1v) is 5.51. The number of anilines is 2.